The van der Waals surface area contributed by atoms with Crippen LogP contribution in [-0.4, -0.2) is 31.7 Å². The van der Waals surface area contributed by atoms with Gasteiger partial charge in [0.1, 0.15) is 11.6 Å². The Morgan fingerprint density at radius 1 is 1.00 bits per heavy atom. The number of rotatable bonds is 8. The van der Waals surface area contributed by atoms with Gasteiger partial charge in [0.05, 0.1) is 10.6 Å². The molecule has 0 unspecified atom stereocenters. The van der Waals surface area contributed by atoms with Crippen LogP contribution in [0.4, 0.5) is 14.5 Å². The van der Waals surface area contributed by atoms with Gasteiger partial charge in [0.25, 0.3) is 5.91 Å². The number of carbonyl (C=O) groups is 1. The summed E-state index contributed by atoms with van der Waals surface area (Å²) in [5.74, 6) is -2.26. The van der Waals surface area contributed by atoms with Gasteiger partial charge < -0.3 is 5.32 Å². The van der Waals surface area contributed by atoms with Crippen LogP contribution >= 0.6 is 0 Å². The van der Waals surface area contributed by atoms with E-state index in [1.54, 1.807) is 0 Å². The number of nitrogens with one attached hydrogen (secondary N) is 1. The highest BCUT2D eigenvalue weighted by Crippen LogP contribution is 2.19. The minimum absolute atomic E-state index is 0.0916. The van der Waals surface area contributed by atoms with Crippen LogP contribution in [0, 0.1) is 11.6 Å². The second-order valence-corrected chi connectivity index (χ2v) is 7.94. The summed E-state index contributed by atoms with van der Waals surface area (Å²) in [5.41, 5.74) is 0.00497. The first-order valence-electron chi connectivity index (χ1n) is 8.66. The highest BCUT2D eigenvalue weighted by atomic mass is 32.2. The van der Waals surface area contributed by atoms with E-state index in [9.17, 15) is 22.0 Å². The Morgan fingerprint density at radius 3 is 2.11 bits per heavy atom. The topological polar surface area (TPSA) is 66.5 Å². The summed E-state index contributed by atoms with van der Waals surface area (Å²) in [4.78, 5) is 12.3. The minimum Gasteiger partial charge on any atom is -0.319 e. The second kappa shape index (κ2) is 9.05. The average molecular weight is 396 g/mol. The molecule has 0 saturated heterocycles. The third kappa shape index (κ3) is 5.11. The van der Waals surface area contributed by atoms with E-state index in [1.165, 1.54) is 28.6 Å². The zero-order chi connectivity index (χ0) is 20.0. The Balaban J connectivity index is 2.19. The van der Waals surface area contributed by atoms with E-state index in [0.29, 0.717) is 32.0 Å². The van der Waals surface area contributed by atoms with Gasteiger partial charge >= 0.3 is 0 Å². The molecule has 0 aromatic heterocycles. The first kappa shape index (κ1) is 21.0. The van der Waals surface area contributed by atoms with E-state index in [2.05, 4.69) is 5.32 Å². The average Bonchev–Trinajstić information content (AvgIpc) is 2.64. The Hall–Kier alpha value is -2.32. The van der Waals surface area contributed by atoms with Gasteiger partial charge in [-0.1, -0.05) is 13.8 Å². The van der Waals surface area contributed by atoms with Crippen LogP contribution in [0.5, 0.6) is 0 Å². The van der Waals surface area contributed by atoms with E-state index >= 15 is 0 Å². The molecule has 0 radical (unpaired) electrons. The van der Waals surface area contributed by atoms with Crippen molar-refractivity contribution in [2.45, 2.75) is 31.6 Å². The molecular weight excluding hydrogens is 374 g/mol. The number of hydrogen-bond donors (Lipinski definition) is 1. The summed E-state index contributed by atoms with van der Waals surface area (Å²) in [6.07, 6.45) is 1.39. The van der Waals surface area contributed by atoms with Crippen molar-refractivity contribution in [2.24, 2.45) is 0 Å². The third-order valence-corrected chi connectivity index (χ3v) is 5.79. The van der Waals surface area contributed by atoms with Crippen molar-refractivity contribution < 1.29 is 22.0 Å². The lowest BCUT2D eigenvalue weighted by Crippen LogP contribution is -2.32. The highest BCUT2D eigenvalue weighted by molar-refractivity contribution is 7.89. The van der Waals surface area contributed by atoms with Gasteiger partial charge in [0, 0.05) is 24.7 Å². The van der Waals surface area contributed by atoms with E-state index in [-0.39, 0.29) is 16.1 Å². The molecule has 0 spiro atoms. The monoisotopic (exact) mass is 396 g/mol. The fourth-order valence-corrected chi connectivity index (χ4v) is 4.19. The van der Waals surface area contributed by atoms with Crippen LogP contribution in [0.3, 0.4) is 0 Å². The van der Waals surface area contributed by atoms with Crippen LogP contribution in [0.25, 0.3) is 0 Å². The largest absolute Gasteiger partial charge is 0.319 e. The molecule has 0 aliphatic rings. The van der Waals surface area contributed by atoms with Crippen molar-refractivity contribution in [1.82, 2.24) is 4.31 Å². The molecule has 0 heterocycles. The van der Waals surface area contributed by atoms with Gasteiger partial charge in [0.2, 0.25) is 10.0 Å². The number of nitrogens with zero attached hydrogens (tertiary/aromatic N) is 1. The number of sulfonamides is 1. The lowest BCUT2D eigenvalue weighted by molar-refractivity contribution is 0.102. The maximum atomic E-state index is 13.6. The molecule has 0 bridgehead atoms. The van der Waals surface area contributed by atoms with Crippen molar-refractivity contribution in [3.8, 4) is 0 Å². The molecule has 2 aromatic carbocycles. The normalized spacial score (nSPS) is 11.6. The summed E-state index contributed by atoms with van der Waals surface area (Å²) < 4.78 is 53.4. The molecule has 0 fully saturated rings. The smallest absolute Gasteiger partial charge is 0.255 e. The molecule has 2 rings (SSSR count). The molecule has 8 heteroatoms. The zero-order valence-corrected chi connectivity index (χ0v) is 16.0. The molecule has 146 valence electrons. The van der Waals surface area contributed by atoms with Gasteiger partial charge in [0.15, 0.2) is 0 Å². The first-order chi connectivity index (χ1) is 12.8. The third-order valence-electron chi connectivity index (χ3n) is 3.88. The molecule has 27 heavy (non-hydrogen) atoms. The molecule has 0 atom stereocenters. The van der Waals surface area contributed by atoms with Gasteiger partial charge in [-0.3, -0.25) is 4.79 Å². The molecule has 0 saturated carbocycles. The van der Waals surface area contributed by atoms with Crippen molar-refractivity contribution >= 4 is 21.6 Å². The molecule has 2 aromatic rings. The Bertz CT molecular complexity index is 894. The van der Waals surface area contributed by atoms with Crippen molar-refractivity contribution in [2.75, 3.05) is 18.4 Å². The van der Waals surface area contributed by atoms with Crippen LogP contribution in [0.2, 0.25) is 0 Å². The standard InChI is InChI=1S/C19H22F2N2O3S/c1-3-11-23(12-4-2)27(25,26)16-8-5-14(6-9-16)19(24)22-18-10-7-15(20)13-17(18)21/h5-10,13H,3-4,11-12H2,1-2H3,(H,22,24). The SMILES string of the molecule is CCCN(CCC)S(=O)(=O)c1ccc(C(=O)Nc2ccc(F)cc2F)cc1. The molecule has 1 amide bonds. The fraction of sp³-hybridized carbons (Fsp3) is 0.316. The molecule has 0 aliphatic carbocycles. The van der Waals surface area contributed by atoms with Crippen molar-refractivity contribution in [3.05, 3.63) is 59.7 Å². The Morgan fingerprint density at radius 2 is 1.59 bits per heavy atom. The Labute approximate surface area is 158 Å². The van der Waals surface area contributed by atoms with E-state index in [0.717, 1.165) is 12.1 Å². The quantitative estimate of drug-likeness (QED) is 0.733. The van der Waals surface area contributed by atoms with Gasteiger partial charge in [-0.15, -0.1) is 0 Å². The van der Waals surface area contributed by atoms with Crippen molar-refractivity contribution in [1.29, 1.82) is 0 Å². The van der Waals surface area contributed by atoms with Crippen LogP contribution < -0.4 is 5.32 Å². The summed E-state index contributed by atoms with van der Waals surface area (Å²) in [5, 5.41) is 2.33. The molecule has 1 N–H and O–H groups in total. The molecule has 0 aliphatic heterocycles. The lowest BCUT2D eigenvalue weighted by atomic mass is 10.2. The lowest BCUT2D eigenvalue weighted by Gasteiger charge is -2.21. The van der Waals surface area contributed by atoms with Gasteiger partial charge in [-0.05, 0) is 49.2 Å². The van der Waals surface area contributed by atoms with E-state index in [4.69, 9.17) is 0 Å². The van der Waals surface area contributed by atoms with Gasteiger partial charge in [-0.25, -0.2) is 17.2 Å². The molecule has 5 nitrogen and oxygen atoms in total. The number of halogens is 2. The maximum Gasteiger partial charge on any atom is 0.255 e. The van der Waals surface area contributed by atoms with Crippen molar-refractivity contribution in [3.63, 3.8) is 0 Å². The summed E-state index contributed by atoms with van der Waals surface area (Å²) in [7, 11) is -3.64. The summed E-state index contributed by atoms with van der Waals surface area (Å²) in [6, 6.07) is 8.24. The van der Waals surface area contributed by atoms with E-state index < -0.39 is 27.6 Å². The van der Waals surface area contributed by atoms with E-state index in [1.807, 2.05) is 13.8 Å². The maximum absolute atomic E-state index is 13.6. The number of benzene rings is 2. The van der Waals surface area contributed by atoms with Crippen LogP contribution in [-0.2, 0) is 10.0 Å². The number of carbonyl (C=O) groups excluding carboxylic acids is 1. The Kier molecular flexibility index (Phi) is 7.04. The predicted molar refractivity (Wildman–Crippen MR) is 100 cm³/mol. The minimum atomic E-state index is -3.64. The first-order valence-corrected chi connectivity index (χ1v) is 10.1. The number of amides is 1. The number of hydrogen-bond acceptors (Lipinski definition) is 3. The zero-order valence-electron chi connectivity index (χ0n) is 15.2. The van der Waals surface area contributed by atoms with Crippen LogP contribution in [0.15, 0.2) is 47.4 Å². The highest BCUT2D eigenvalue weighted by Gasteiger charge is 2.23. The van der Waals surface area contributed by atoms with Crippen LogP contribution in [0.1, 0.15) is 37.0 Å². The summed E-state index contributed by atoms with van der Waals surface area (Å²) in [6.45, 7) is 4.64. The van der Waals surface area contributed by atoms with Gasteiger partial charge in [-0.2, -0.15) is 4.31 Å². The predicted octanol–water partition coefficient (Wildman–Crippen LogP) is 4.03. The molecular formula is C19H22F2N2O3S. The second-order valence-electron chi connectivity index (χ2n) is 6.01. The summed E-state index contributed by atoms with van der Waals surface area (Å²) >= 11 is 0. The fourth-order valence-electron chi connectivity index (χ4n) is 2.56. The number of anilines is 1.